The molecule has 0 aliphatic carbocycles. The van der Waals surface area contributed by atoms with E-state index in [9.17, 15) is 13.2 Å². The molecule has 0 aliphatic rings. The van der Waals surface area contributed by atoms with Gasteiger partial charge in [0.1, 0.15) is 27.7 Å². The Morgan fingerprint density at radius 3 is 2.64 bits per heavy atom. The molecule has 0 saturated carbocycles. The number of halogens is 1. The Bertz CT molecular complexity index is 1390. The number of carbonyl (C=O) groups excluding carboxylic acids is 1. The first-order valence-electron chi connectivity index (χ1n) is 9.79. The van der Waals surface area contributed by atoms with Crippen LogP contribution >= 0.6 is 23.3 Å². The number of nitrogens with one attached hydrogen (secondary N) is 2. The Labute approximate surface area is 199 Å². The molecule has 11 heteroatoms. The van der Waals surface area contributed by atoms with E-state index < -0.39 is 22.0 Å². The van der Waals surface area contributed by atoms with Crippen LogP contribution in [0.2, 0.25) is 5.02 Å². The summed E-state index contributed by atoms with van der Waals surface area (Å²) in [6, 6.07) is 17.5. The minimum absolute atomic E-state index is 0.0417. The lowest BCUT2D eigenvalue weighted by Gasteiger charge is -2.20. The van der Waals surface area contributed by atoms with E-state index in [1.807, 2.05) is 30.3 Å². The summed E-state index contributed by atoms with van der Waals surface area (Å²) < 4.78 is 42.6. The first-order chi connectivity index (χ1) is 15.9. The van der Waals surface area contributed by atoms with Gasteiger partial charge in [-0.3, -0.25) is 4.79 Å². The maximum Gasteiger partial charge on any atom is 0.243 e. The van der Waals surface area contributed by atoms with Gasteiger partial charge >= 0.3 is 0 Å². The largest absolute Gasteiger partial charge is 0.495 e. The molecule has 1 atom stereocenters. The maximum atomic E-state index is 13.3. The number of aromatic nitrogens is 2. The van der Waals surface area contributed by atoms with Crippen LogP contribution in [-0.2, 0) is 21.2 Å². The van der Waals surface area contributed by atoms with Crippen LogP contribution in [0.25, 0.3) is 11.0 Å². The molecule has 1 heterocycles. The van der Waals surface area contributed by atoms with Crippen molar-refractivity contribution in [2.45, 2.75) is 17.4 Å². The molecule has 0 radical (unpaired) electrons. The Hall–Kier alpha value is -3.05. The third kappa shape index (κ3) is 5.31. The Kier molecular flexibility index (Phi) is 6.89. The van der Waals surface area contributed by atoms with Gasteiger partial charge < -0.3 is 10.1 Å². The van der Waals surface area contributed by atoms with Crippen LogP contribution in [0.5, 0.6) is 5.75 Å². The zero-order chi connectivity index (χ0) is 23.4. The molecule has 3 aromatic carbocycles. The van der Waals surface area contributed by atoms with Crippen molar-refractivity contribution < 1.29 is 17.9 Å². The molecule has 1 unspecified atom stereocenters. The lowest BCUT2D eigenvalue weighted by Crippen LogP contribution is -2.45. The highest BCUT2D eigenvalue weighted by Crippen LogP contribution is 2.28. The molecule has 4 aromatic rings. The van der Waals surface area contributed by atoms with Crippen molar-refractivity contribution in [3.05, 3.63) is 77.3 Å². The van der Waals surface area contributed by atoms with Crippen LogP contribution in [-0.4, -0.2) is 36.2 Å². The summed E-state index contributed by atoms with van der Waals surface area (Å²) >= 11 is 6.99. The Balaban J connectivity index is 1.67. The highest BCUT2D eigenvalue weighted by molar-refractivity contribution is 7.89. The summed E-state index contributed by atoms with van der Waals surface area (Å²) in [6.45, 7) is 0. The molecule has 1 amide bonds. The SMILES string of the molecule is COc1ccc(Cl)cc1NC(=O)C(Cc1ccccc1)NS(=O)(=O)c1cccc2nsnc12. The average molecular weight is 503 g/mol. The van der Waals surface area contributed by atoms with Crippen LogP contribution in [0.1, 0.15) is 5.56 Å². The second-order valence-corrected chi connectivity index (χ2v) is 9.73. The van der Waals surface area contributed by atoms with Gasteiger partial charge in [0.25, 0.3) is 0 Å². The number of nitrogens with zero attached hydrogens (tertiary/aromatic N) is 2. The summed E-state index contributed by atoms with van der Waals surface area (Å²) in [7, 11) is -2.64. The summed E-state index contributed by atoms with van der Waals surface area (Å²) in [5, 5.41) is 3.12. The van der Waals surface area contributed by atoms with E-state index in [0.29, 0.717) is 22.0 Å². The zero-order valence-corrected chi connectivity index (χ0v) is 19.7. The molecule has 0 spiro atoms. The van der Waals surface area contributed by atoms with Crippen molar-refractivity contribution in [1.29, 1.82) is 0 Å². The average Bonchev–Trinajstić information content (AvgIpc) is 3.28. The normalized spacial score (nSPS) is 12.4. The molecule has 0 bridgehead atoms. The fraction of sp³-hybridized carbons (Fsp3) is 0.136. The second kappa shape index (κ2) is 9.84. The van der Waals surface area contributed by atoms with Crippen LogP contribution in [0, 0.1) is 0 Å². The first-order valence-corrected chi connectivity index (χ1v) is 12.4. The predicted molar refractivity (Wildman–Crippen MR) is 128 cm³/mol. The molecule has 33 heavy (non-hydrogen) atoms. The fourth-order valence-corrected chi connectivity index (χ4v) is 5.42. The molecule has 0 fully saturated rings. The standard InChI is InChI=1S/C22H19ClN4O4S2/c1-31-19-11-10-15(23)13-17(19)24-22(28)18(12-14-6-3-2-4-7-14)27-33(29,30)20-9-5-8-16-21(20)26-32-25-16/h2-11,13,18,27H,12H2,1H3,(H,24,28). The molecule has 4 rings (SSSR count). The van der Waals surface area contributed by atoms with Crippen LogP contribution in [0.15, 0.2) is 71.6 Å². The highest BCUT2D eigenvalue weighted by atomic mass is 35.5. The minimum atomic E-state index is -4.10. The van der Waals surface area contributed by atoms with E-state index >= 15 is 0 Å². The van der Waals surface area contributed by atoms with Gasteiger partial charge in [0.2, 0.25) is 15.9 Å². The van der Waals surface area contributed by atoms with Gasteiger partial charge in [0.15, 0.2) is 0 Å². The predicted octanol–water partition coefficient (Wildman–Crippen LogP) is 3.88. The summed E-state index contributed by atoms with van der Waals surface area (Å²) in [4.78, 5) is 13.2. The number of ether oxygens (including phenoxy) is 1. The molecule has 8 nitrogen and oxygen atoms in total. The van der Waals surface area contributed by atoms with E-state index in [1.165, 1.54) is 19.2 Å². The first kappa shape index (κ1) is 23.1. The van der Waals surface area contributed by atoms with Crippen molar-refractivity contribution in [2.24, 2.45) is 0 Å². The molecular formula is C22H19ClN4O4S2. The number of fused-ring (bicyclic) bond motifs is 1. The summed E-state index contributed by atoms with van der Waals surface area (Å²) in [6.07, 6.45) is 0.125. The van der Waals surface area contributed by atoms with Gasteiger partial charge in [0.05, 0.1) is 24.5 Å². The monoisotopic (exact) mass is 502 g/mol. The van der Waals surface area contributed by atoms with Gasteiger partial charge in [0, 0.05) is 5.02 Å². The van der Waals surface area contributed by atoms with Crippen molar-refractivity contribution >= 4 is 56.0 Å². The van der Waals surface area contributed by atoms with Crippen LogP contribution < -0.4 is 14.8 Å². The quantitative estimate of drug-likeness (QED) is 0.378. The number of amides is 1. The van der Waals surface area contributed by atoms with E-state index in [2.05, 4.69) is 18.8 Å². The minimum Gasteiger partial charge on any atom is -0.495 e. The summed E-state index contributed by atoms with van der Waals surface area (Å²) in [5.74, 6) is -0.168. The van der Waals surface area contributed by atoms with Gasteiger partial charge in [-0.1, -0.05) is 48.0 Å². The number of carbonyl (C=O) groups is 1. The van der Waals surface area contributed by atoms with E-state index in [4.69, 9.17) is 16.3 Å². The third-order valence-electron chi connectivity index (χ3n) is 4.85. The Morgan fingerprint density at radius 1 is 1.09 bits per heavy atom. The van der Waals surface area contributed by atoms with Crippen LogP contribution in [0.4, 0.5) is 5.69 Å². The molecule has 170 valence electrons. The molecule has 1 aromatic heterocycles. The van der Waals surface area contributed by atoms with Crippen molar-refractivity contribution in [2.75, 3.05) is 12.4 Å². The number of rotatable bonds is 8. The number of methoxy groups -OCH3 is 1. The van der Waals surface area contributed by atoms with Gasteiger partial charge in [-0.15, -0.1) is 0 Å². The molecule has 0 saturated heterocycles. The lowest BCUT2D eigenvalue weighted by atomic mass is 10.1. The van der Waals surface area contributed by atoms with Gasteiger partial charge in [-0.25, -0.2) is 8.42 Å². The smallest absolute Gasteiger partial charge is 0.243 e. The maximum absolute atomic E-state index is 13.3. The lowest BCUT2D eigenvalue weighted by molar-refractivity contribution is -0.117. The third-order valence-corrected chi connectivity index (χ3v) is 7.14. The van der Waals surface area contributed by atoms with E-state index in [1.54, 1.807) is 24.3 Å². The summed E-state index contributed by atoms with van der Waals surface area (Å²) in [5.41, 5.74) is 1.84. The van der Waals surface area contributed by atoms with Gasteiger partial charge in [-0.05, 0) is 42.3 Å². The second-order valence-electron chi connectivity index (χ2n) is 7.09. The van der Waals surface area contributed by atoms with Gasteiger partial charge in [-0.2, -0.15) is 13.5 Å². The van der Waals surface area contributed by atoms with E-state index in [0.717, 1.165) is 17.3 Å². The number of benzene rings is 3. The molecule has 2 N–H and O–H groups in total. The molecule has 0 aliphatic heterocycles. The number of anilines is 1. The number of hydrogen-bond donors (Lipinski definition) is 2. The van der Waals surface area contributed by atoms with Crippen molar-refractivity contribution in [3.63, 3.8) is 0 Å². The topological polar surface area (TPSA) is 110 Å². The molecular weight excluding hydrogens is 484 g/mol. The van der Waals surface area contributed by atoms with Crippen molar-refractivity contribution in [1.82, 2.24) is 13.5 Å². The fourth-order valence-electron chi connectivity index (χ4n) is 3.28. The number of sulfonamides is 1. The van der Waals surface area contributed by atoms with Crippen LogP contribution in [0.3, 0.4) is 0 Å². The number of hydrogen-bond acceptors (Lipinski definition) is 7. The van der Waals surface area contributed by atoms with Crippen molar-refractivity contribution in [3.8, 4) is 5.75 Å². The van der Waals surface area contributed by atoms with E-state index in [-0.39, 0.29) is 16.8 Å². The Morgan fingerprint density at radius 2 is 1.88 bits per heavy atom. The zero-order valence-electron chi connectivity index (χ0n) is 17.4. The highest BCUT2D eigenvalue weighted by Gasteiger charge is 2.28.